The molecule has 1 unspecified atom stereocenters. The van der Waals surface area contributed by atoms with E-state index < -0.39 is 0 Å². The third-order valence-corrected chi connectivity index (χ3v) is 3.43. The summed E-state index contributed by atoms with van der Waals surface area (Å²) in [5.74, 6) is 5.68. The average molecular weight is 276 g/mol. The van der Waals surface area contributed by atoms with Crippen LogP contribution in [0, 0.1) is 0 Å². The van der Waals surface area contributed by atoms with E-state index in [9.17, 15) is 0 Å². The van der Waals surface area contributed by atoms with Crippen LogP contribution in [0.1, 0.15) is 17.2 Å². The molecule has 3 N–H and O–H groups in total. The highest BCUT2D eigenvalue weighted by Gasteiger charge is 2.12. The van der Waals surface area contributed by atoms with E-state index in [4.69, 9.17) is 5.84 Å². The summed E-state index contributed by atoms with van der Waals surface area (Å²) in [4.78, 5) is 8.08. The van der Waals surface area contributed by atoms with Crippen molar-refractivity contribution in [1.82, 2.24) is 15.4 Å². The van der Waals surface area contributed by atoms with Gasteiger partial charge in [-0.15, -0.1) is 0 Å². The van der Waals surface area contributed by atoms with Gasteiger partial charge in [0.2, 0.25) is 0 Å². The molecule has 0 spiro atoms. The Morgan fingerprint density at radius 2 is 1.38 bits per heavy atom. The number of rotatable bonds is 4. The molecule has 21 heavy (non-hydrogen) atoms. The van der Waals surface area contributed by atoms with Crippen LogP contribution in [0.2, 0.25) is 0 Å². The Kier molecular flexibility index (Phi) is 4.00. The zero-order valence-corrected chi connectivity index (χ0v) is 11.5. The summed E-state index contributed by atoms with van der Waals surface area (Å²) in [6.45, 7) is 0. The smallest absolute Gasteiger partial charge is 0.115 e. The molecule has 0 aliphatic heterocycles. The lowest BCUT2D eigenvalue weighted by Gasteiger charge is -2.16. The number of nitrogens with zero attached hydrogens (tertiary/aromatic N) is 2. The molecule has 0 aliphatic carbocycles. The Balaban J connectivity index is 1.90. The molecule has 0 saturated heterocycles. The molecule has 0 aliphatic rings. The largest absolute Gasteiger partial charge is 0.271 e. The van der Waals surface area contributed by atoms with Crippen LogP contribution in [0.5, 0.6) is 0 Å². The number of nitrogens with two attached hydrogens (primary N) is 1. The predicted octanol–water partition coefficient (Wildman–Crippen LogP) is 2.70. The lowest BCUT2D eigenvalue weighted by molar-refractivity contribution is 0.632. The maximum atomic E-state index is 5.68. The van der Waals surface area contributed by atoms with E-state index in [0.717, 1.165) is 11.1 Å². The van der Waals surface area contributed by atoms with Gasteiger partial charge >= 0.3 is 0 Å². The van der Waals surface area contributed by atoms with Gasteiger partial charge in [-0.25, -0.2) is 15.4 Å². The zero-order valence-electron chi connectivity index (χ0n) is 11.5. The number of hydrazine groups is 1. The van der Waals surface area contributed by atoms with Crippen molar-refractivity contribution < 1.29 is 0 Å². The fraction of sp³-hybridized carbons (Fsp3) is 0.0588. The molecule has 1 aromatic heterocycles. The van der Waals surface area contributed by atoms with E-state index in [1.165, 1.54) is 17.5 Å². The van der Waals surface area contributed by atoms with Crippen molar-refractivity contribution in [3.8, 4) is 11.1 Å². The topological polar surface area (TPSA) is 63.8 Å². The third kappa shape index (κ3) is 2.97. The Hall–Kier alpha value is -2.56. The van der Waals surface area contributed by atoms with Crippen LogP contribution in [-0.2, 0) is 0 Å². The number of hydrogen-bond acceptors (Lipinski definition) is 4. The van der Waals surface area contributed by atoms with Gasteiger partial charge < -0.3 is 0 Å². The Labute approximate surface area is 123 Å². The lowest BCUT2D eigenvalue weighted by Crippen LogP contribution is -2.29. The van der Waals surface area contributed by atoms with E-state index in [2.05, 4.69) is 51.8 Å². The van der Waals surface area contributed by atoms with Gasteiger partial charge in [0.15, 0.2) is 0 Å². The van der Waals surface area contributed by atoms with E-state index in [-0.39, 0.29) is 6.04 Å². The molecule has 3 aromatic rings. The van der Waals surface area contributed by atoms with E-state index in [1.54, 1.807) is 12.4 Å². The maximum Gasteiger partial charge on any atom is 0.115 e. The molecule has 0 amide bonds. The summed E-state index contributed by atoms with van der Waals surface area (Å²) in [7, 11) is 0. The van der Waals surface area contributed by atoms with Gasteiger partial charge in [0.1, 0.15) is 6.33 Å². The molecular formula is C17H16N4. The van der Waals surface area contributed by atoms with Crippen LogP contribution >= 0.6 is 0 Å². The van der Waals surface area contributed by atoms with Crippen molar-refractivity contribution in [2.45, 2.75) is 6.04 Å². The van der Waals surface area contributed by atoms with Gasteiger partial charge in [-0.05, 0) is 16.7 Å². The fourth-order valence-corrected chi connectivity index (χ4v) is 2.34. The molecule has 104 valence electrons. The Bertz CT molecular complexity index is 681. The van der Waals surface area contributed by atoms with Crippen molar-refractivity contribution >= 4 is 0 Å². The van der Waals surface area contributed by atoms with Crippen molar-refractivity contribution in [2.75, 3.05) is 0 Å². The normalized spacial score (nSPS) is 12.0. The second kappa shape index (κ2) is 6.26. The first-order valence-electron chi connectivity index (χ1n) is 6.75. The maximum absolute atomic E-state index is 5.68. The summed E-state index contributed by atoms with van der Waals surface area (Å²) >= 11 is 0. The average Bonchev–Trinajstić information content (AvgIpc) is 2.58. The van der Waals surface area contributed by atoms with Gasteiger partial charge in [0.05, 0.1) is 6.04 Å². The van der Waals surface area contributed by atoms with Crippen molar-refractivity contribution in [2.24, 2.45) is 5.84 Å². The van der Waals surface area contributed by atoms with Gasteiger partial charge in [-0.1, -0.05) is 54.6 Å². The second-order valence-corrected chi connectivity index (χ2v) is 4.76. The fourth-order valence-electron chi connectivity index (χ4n) is 2.34. The van der Waals surface area contributed by atoms with Crippen LogP contribution in [-0.4, -0.2) is 9.97 Å². The predicted molar refractivity (Wildman–Crippen MR) is 83.1 cm³/mol. The quantitative estimate of drug-likeness (QED) is 0.568. The van der Waals surface area contributed by atoms with Gasteiger partial charge in [-0.2, -0.15) is 0 Å². The lowest BCUT2D eigenvalue weighted by atomic mass is 9.98. The minimum atomic E-state index is -0.115. The van der Waals surface area contributed by atoms with E-state index in [1.807, 2.05) is 18.2 Å². The molecule has 2 aromatic carbocycles. The van der Waals surface area contributed by atoms with Crippen molar-refractivity contribution in [3.63, 3.8) is 0 Å². The van der Waals surface area contributed by atoms with Crippen LogP contribution in [0.4, 0.5) is 0 Å². The van der Waals surface area contributed by atoms with Gasteiger partial charge in [-0.3, -0.25) is 5.84 Å². The van der Waals surface area contributed by atoms with Crippen LogP contribution in [0.25, 0.3) is 11.1 Å². The summed E-state index contributed by atoms with van der Waals surface area (Å²) in [5.41, 5.74) is 7.21. The molecule has 0 saturated carbocycles. The first-order valence-corrected chi connectivity index (χ1v) is 6.75. The SMILES string of the molecule is NNC(c1ccc(-c2ccccc2)cc1)c1cncnc1. The first kappa shape index (κ1) is 13.4. The molecule has 1 atom stereocenters. The van der Waals surface area contributed by atoms with Crippen LogP contribution < -0.4 is 11.3 Å². The summed E-state index contributed by atoms with van der Waals surface area (Å²) in [5, 5.41) is 0. The second-order valence-electron chi connectivity index (χ2n) is 4.76. The molecule has 1 heterocycles. The van der Waals surface area contributed by atoms with Crippen LogP contribution in [0.3, 0.4) is 0 Å². The van der Waals surface area contributed by atoms with E-state index in [0.29, 0.717) is 0 Å². The molecule has 4 nitrogen and oxygen atoms in total. The molecule has 0 radical (unpaired) electrons. The van der Waals surface area contributed by atoms with Gasteiger partial charge in [0.25, 0.3) is 0 Å². The minimum Gasteiger partial charge on any atom is -0.271 e. The van der Waals surface area contributed by atoms with Gasteiger partial charge in [0, 0.05) is 18.0 Å². The number of benzene rings is 2. The molecule has 0 bridgehead atoms. The van der Waals surface area contributed by atoms with Crippen LogP contribution in [0.15, 0.2) is 73.3 Å². The highest BCUT2D eigenvalue weighted by molar-refractivity contribution is 5.63. The summed E-state index contributed by atoms with van der Waals surface area (Å²) in [6.07, 6.45) is 5.04. The third-order valence-electron chi connectivity index (χ3n) is 3.43. The molecule has 0 fully saturated rings. The number of nitrogens with one attached hydrogen (secondary N) is 1. The summed E-state index contributed by atoms with van der Waals surface area (Å²) < 4.78 is 0. The van der Waals surface area contributed by atoms with Crippen molar-refractivity contribution in [1.29, 1.82) is 0 Å². The standard InChI is InChI=1S/C17H16N4/c18-21-17(16-10-19-12-20-11-16)15-8-6-14(7-9-15)13-4-2-1-3-5-13/h1-12,17,21H,18H2. The number of hydrogen-bond donors (Lipinski definition) is 2. The molecule has 4 heteroatoms. The Morgan fingerprint density at radius 3 is 2.00 bits per heavy atom. The zero-order chi connectivity index (χ0) is 14.5. The number of aromatic nitrogens is 2. The highest BCUT2D eigenvalue weighted by Crippen LogP contribution is 2.24. The monoisotopic (exact) mass is 276 g/mol. The molecule has 3 rings (SSSR count). The minimum absolute atomic E-state index is 0.115. The first-order chi connectivity index (χ1) is 10.4. The van der Waals surface area contributed by atoms with Crippen molar-refractivity contribution in [3.05, 3.63) is 84.4 Å². The molecular weight excluding hydrogens is 260 g/mol. The van der Waals surface area contributed by atoms with E-state index >= 15 is 0 Å². The highest BCUT2D eigenvalue weighted by atomic mass is 15.2. The summed E-state index contributed by atoms with van der Waals surface area (Å²) in [6, 6.07) is 18.5. The Morgan fingerprint density at radius 1 is 0.762 bits per heavy atom.